The number of hydrogen-bond acceptors (Lipinski definition) is 0. The Labute approximate surface area is 573 Å². The summed E-state index contributed by atoms with van der Waals surface area (Å²) in [5.41, 5.74) is 16.9. The summed E-state index contributed by atoms with van der Waals surface area (Å²) in [7, 11) is 0. The Bertz CT molecular complexity index is 3360. The molecule has 0 spiro atoms. The van der Waals surface area contributed by atoms with E-state index in [9.17, 15) is 0 Å². The quantitative estimate of drug-likeness (QED) is 0.0846. The molecule has 452 valence electrons. The molecule has 0 saturated heterocycles. The van der Waals surface area contributed by atoms with Gasteiger partial charge in [-0.3, -0.25) is 12.2 Å². The van der Waals surface area contributed by atoms with Gasteiger partial charge in [0.25, 0.3) is 0 Å². The van der Waals surface area contributed by atoms with Crippen LogP contribution in [0.2, 0.25) is 0 Å². The van der Waals surface area contributed by atoms with E-state index in [0.29, 0.717) is 11.8 Å². The van der Waals surface area contributed by atoms with E-state index in [4.69, 9.17) is 0 Å². The molecule has 0 heterocycles. The second-order valence-corrected chi connectivity index (χ2v) is 25.7. The molecule has 12 rings (SSSR count). The molecule has 0 fully saturated rings. The van der Waals surface area contributed by atoms with Crippen molar-refractivity contribution in [1.29, 1.82) is 0 Å². The predicted molar refractivity (Wildman–Crippen MR) is 371 cm³/mol. The molecular weight excluding hydrogens is 1260 g/mol. The fourth-order valence-corrected chi connectivity index (χ4v) is 13.2. The van der Waals surface area contributed by atoms with Crippen molar-refractivity contribution in [2.75, 3.05) is 0 Å². The summed E-state index contributed by atoms with van der Waals surface area (Å²) < 4.78 is 2.83. The van der Waals surface area contributed by atoms with Gasteiger partial charge in [-0.1, -0.05) is 201 Å². The first-order chi connectivity index (χ1) is 41.9. The van der Waals surface area contributed by atoms with Gasteiger partial charge >= 0.3 is 198 Å². The summed E-state index contributed by atoms with van der Waals surface area (Å²) in [4.78, 5) is 0. The zero-order valence-corrected chi connectivity index (χ0v) is 60.6. The van der Waals surface area contributed by atoms with E-state index < -0.39 is 0 Å². The fourth-order valence-electron chi connectivity index (χ4n) is 11.6. The van der Waals surface area contributed by atoms with Crippen molar-refractivity contribution in [1.82, 2.24) is 0 Å². The van der Waals surface area contributed by atoms with E-state index in [-0.39, 0.29) is 24.8 Å². The third-order valence-electron chi connectivity index (χ3n) is 15.8. The molecule has 10 aromatic carbocycles. The second kappa shape index (κ2) is 38.9. The summed E-state index contributed by atoms with van der Waals surface area (Å²) in [6.45, 7) is 22.1. The Morgan fingerprint density at radius 3 is 0.818 bits per heavy atom. The Hall–Kier alpha value is -5.45. The molecule has 2 unspecified atom stereocenters. The number of hydrogen-bond donors (Lipinski definition) is 0. The van der Waals surface area contributed by atoms with Crippen molar-refractivity contribution >= 4 is 49.5 Å². The van der Waals surface area contributed by atoms with Gasteiger partial charge in [-0.25, -0.2) is 11.1 Å². The molecule has 0 aromatic heterocycles. The van der Waals surface area contributed by atoms with Crippen LogP contribution in [-0.4, -0.2) is 6.41 Å². The Balaban J connectivity index is 0.000000192. The first kappa shape index (κ1) is 73.3. The number of halogens is 2. The number of aryl methyl sites for hydroxylation is 4. The van der Waals surface area contributed by atoms with Gasteiger partial charge in [-0.15, -0.1) is 79.5 Å². The van der Waals surface area contributed by atoms with Crippen LogP contribution in [-0.2, 0) is 48.5 Å². The first-order valence-electron chi connectivity index (χ1n) is 32.0. The molecule has 10 aromatic rings. The molecule has 0 nitrogen and oxygen atoms in total. The zero-order chi connectivity index (χ0) is 61.2. The van der Waals surface area contributed by atoms with Gasteiger partial charge in [0.05, 0.1) is 0 Å². The normalized spacial score (nSPS) is 13.7. The maximum absolute atomic E-state index is 3.65. The van der Waals surface area contributed by atoms with Crippen LogP contribution < -0.4 is 24.8 Å². The topological polar surface area (TPSA) is 0 Å². The minimum atomic E-state index is 0. The van der Waals surface area contributed by atoms with Crippen molar-refractivity contribution < 1.29 is 73.3 Å². The summed E-state index contributed by atoms with van der Waals surface area (Å²) in [5.74, 6) is 1.26. The van der Waals surface area contributed by atoms with Gasteiger partial charge in [0.15, 0.2) is 0 Å². The van der Waals surface area contributed by atoms with Crippen LogP contribution in [0.25, 0.3) is 43.1 Å². The van der Waals surface area contributed by atoms with Crippen LogP contribution in [0, 0.1) is 51.7 Å². The minimum absolute atomic E-state index is 0. The van der Waals surface area contributed by atoms with E-state index in [2.05, 4.69) is 300 Å². The van der Waals surface area contributed by atoms with Crippen molar-refractivity contribution in [2.45, 2.75) is 146 Å². The van der Waals surface area contributed by atoms with E-state index in [1.54, 1.807) is 11.1 Å². The number of allylic oxidation sites excluding steroid dienone is 8. The van der Waals surface area contributed by atoms with Gasteiger partial charge in [-0.05, 0) is 27.7 Å². The predicted octanol–water partition coefficient (Wildman–Crippen LogP) is 17.6. The molecule has 0 saturated carbocycles. The summed E-state index contributed by atoms with van der Waals surface area (Å²) >= 11 is 2.92. The maximum atomic E-state index is 3.65. The van der Waals surface area contributed by atoms with Gasteiger partial charge in [-0.2, -0.15) is 23.3 Å². The molecule has 0 amide bonds. The number of fused-ring (bicyclic) bond motifs is 6. The molecule has 2 aliphatic carbocycles. The molecule has 0 N–H and O–H groups in total. The SMILES string of the molecule is CCCC1=[C-]C(CCC)C=C1CCC.CCCC1=[C-]C(CCC)C=C1CCC.Cc1ccc2c(c1)[cH-]c1cc(C)ccc12.Cc1ccc2c(c1)[cH-]c1cc(C)ccc12.[Cl-].[Cl-].[Zr+2]=[C](c1ccccc1)c1ccccc1.[Zr+2]=[C](c1ccccc1)c1ccccc1. The Kier molecular flexibility index (Phi) is 32.4. The van der Waals surface area contributed by atoms with Crippen molar-refractivity contribution in [3.05, 3.63) is 297 Å². The Morgan fingerprint density at radius 2 is 0.591 bits per heavy atom. The zero-order valence-electron chi connectivity index (χ0n) is 54.2. The van der Waals surface area contributed by atoms with Crippen LogP contribution in [0.15, 0.2) is 241 Å². The molecule has 0 bridgehead atoms. The molecule has 0 aliphatic heterocycles. The molecule has 4 heteroatoms. The molecular formula is C84H92Cl2Zr2-2. The molecule has 2 aliphatic rings. The monoisotopic (exact) mass is 1350 g/mol. The fraction of sp³-hybridized carbons (Fsp3) is 0.286. The summed E-state index contributed by atoms with van der Waals surface area (Å²) in [6, 6.07) is 73.4. The second-order valence-electron chi connectivity index (χ2n) is 23.3. The van der Waals surface area contributed by atoms with Gasteiger partial charge in [0, 0.05) is 0 Å². The van der Waals surface area contributed by atoms with E-state index in [1.807, 2.05) is 0 Å². The molecule has 0 radical (unpaired) electrons. The summed E-state index contributed by atoms with van der Waals surface area (Å²) in [5, 5.41) is 10.9. The van der Waals surface area contributed by atoms with Crippen LogP contribution in [0.3, 0.4) is 0 Å². The average Bonchev–Trinajstić information content (AvgIpc) is 2.03. The molecule has 88 heavy (non-hydrogen) atoms. The van der Waals surface area contributed by atoms with E-state index in [0.717, 1.165) is 0 Å². The van der Waals surface area contributed by atoms with Crippen LogP contribution in [0.5, 0.6) is 0 Å². The van der Waals surface area contributed by atoms with Gasteiger partial charge in [0.2, 0.25) is 0 Å². The van der Waals surface area contributed by atoms with Crippen LogP contribution in [0.1, 0.15) is 163 Å². The van der Waals surface area contributed by atoms with Crippen LogP contribution >= 0.6 is 0 Å². The third-order valence-corrected chi connectivity index (χ3v) is 18.7. The van der Waals surface area contributed by atoms with Crippen molar-refractivity contribution in [3.63, 3.8) is 0 Å². The van der Waals surface area contributed by atoms with Gasteiger partial charge < -0.3 is 24.8 Å². The van der Waals surface area contributed by atoms with E-state index >= 15 is 0 Å². The standard InChI is InChI=1S/2C15H13.2C14H23.2C13H10.2ClH.2Zr/c2*1-10-3-5-14-12(7-10)9-13-8-11(2)4-6-15(13)14;2*1-4-7-12-10-13(8-5-2)14(11-12)9-6-3;2*1-3-7-12(8-4-1)11-13-9-5-2-6-10-13;;;;/h2*3-9H,1-2H3;2*10,12H,4-9H2,1-3H3;2*1-10H;2*1H;;/q4*-1;;;;;2*+2/p-2. The average molecular weight is 1360 g/mol. The Morgan fingerprint density at radius 1 is 0.341 bits per heavy atom. The van der Waals surface area contributed by atoms with E-state index in [1.165, 1.54) is 231 Å². The van der Waals surface area contributed by atoms with Crippen molar-refractivity contribution in [3.8, 4) is 0 Å². The molecule has 2 atom stereocenters. The first-order valence-corrected chi connectivity index (χ1v) is 34.5. The van der Waals surface area contributed by atoms with Crippen LogP contribution in [0.4, 0.5) is 0 Å². The third kappa shape index (κ3) is 21.9. The number of rotatable bonds is 16. The number of benzene rings is 8. The van der Waals surface area contributed by atoms with Crippen molar-refractivity contribution in [2.24, 2.45) is 11.8 Å². The van der Waals surface area contributed by atoms with Gasteiger partial charge in [0.1, 0.15) is 0 Å². The summed E-state index contributed by atoms with van der Waals surface area (Å²) in [6.07, 6.45) is 27.3.